The highest BCUT2D eigenvalue weighted by Crippen LogP contribution is 2.30. The maximum atomic E-state index is 13.0. The summed E-state index contributed by atoms with van der Waals surface area (Å²) >= 11 is 0. The maximum Gasteiger partial charge on any atom is 0.123 e. The number of hydrogen-bond donors (Lipinski definition) is 0. The first kappa shape index (κ1) is 11.0. The van der Waals surface area contributed by atoms with Gasteiger partial charge in [-0.2, -0.15) is 0 Å². The second-order valence-corrected chi connectivity index (χ2v) is 4.48. The van der Waals surface area contributed by atoms with Gasteiger partial charge in [-0.3, -0.25) is 0 Å². The van der Waals surface area contributed by atoms with Crippen LogP contribution < -0.4 is 0 Å². The highest BCUT2D eigenvalue weighted by Gasteiger charge is 2.05. The summed E-state index contributed by atoms with van der Waals surface area (Å²) in [6.45, 7) is 2.11. The number of halogens is 1. The molecular weight excluding hydrogens is 223 g/mol. The van der Waals surface area contributed by atoms with Crippen LogP contribution in [0.25, 0.3) is 21.9 Å². The van der Waals surface area contributed by atoms with Crippen LogP contribution in [-0.2, 0) is 0 Å². The van der Waals surface area contributed by atoms with Crippen molar-refractivity contribution in [2.75, 3.05) is 0 Å². The van der Waals surface area contributed by atoms with Gasteiger partial charge < -0.3 is 0 Å². The Labute approximate surface area is 106 Å². The monoisotopic (exact) mass is 236 g/mol. The Kier molecular flexibility index (Phi) is 2.60. The zero-order chi connectivity index (χ0) is 12.5. The van der Waals surface area contributed by atoms with Crippen molar-refractivity contribution >= 4 is 10.8 Å². The molecule has 3 aromatic rings. The molecule has 0 aliphatic heterocycles. The van der Waals surface area contributed by atoms with Gasteiger partial charge in [0, 0.05) is 0 Å². The van der Waals surface area contributed by atoms with E-state index in [9.17, 15) is 4.39 Å². The molecule has 3 rings (SSSR count). The second kappa shape index (κ2) is 4.26. The topological polar surface area (TPSA) is 0 Å². The lowest BCUT2D eigenvalue weighted by atomic mass is 9.96. The molecule has 18 heavy (non-hydrogen) atoms. The highest BCUT2D eigenvalue weighted by atomic mass is 19.1. The number of hydrogen-bond acceptors (Lipinski definition) is 0. The summed E-state index contributed by atoms with van der Waals surface area (Å²) in [5, 5.41) is 2.46. The van der Waals surface area contributed by atoms with E-state index in [1.807, 2.05) is 24.3 Å². The fourth-order valence-electron chi connectivity index (χ4n) is 2.33. The first-order valence-corrected chi connectivity index (χ1v) is 6.00. The standard InChI is InChI=1S/C17H13F/c1-12-6-11-16(13-7-9-14(18)10-8-13)17-5-3-2-4-15(12)17/h2-11H,1H3. The Balaban J connectivity index is 2.30. The van der Waals surface area contributed by atoms with Gasteiger partial charge in [-0.1, -0.05) is 48.5 Å². The summed E-state index contributed by atoms with van der Waals surface area (Å²) in [7, 11) is 0. The fraction of sp³-hybridized carbons (Fsp3) is 0.0588. The van der Waals surface area contributed by atoms with Gasteiger partial charge in [-0.05, 0) is 46.5 Å². The van der Waals surface area contributed by atoms with Crippen molar-refractivity contribution in [1.82, 2.24) is 0 Å². The van der Waals surface area contributed by atoms with E-state index in [4.69, 9.17) is 0 Å². The summed E-state index contributed by atoms with van der Waals surface area (Å²) in [5.74, 6) is -0.199. The largest absolute Gasteiger partial charge is 0.207 e. The SMILES string of the molecule is Cc1ccc(-c2ccc(F)cc2)c2ccccc12. The fourth-order valence-corrected chi connectivity index (χ4v) is 2.33. The van der Waals surface area contributed by atoms with Crippen molar-refractivity contribution < 1.29 is 4.39 Å². The molecule has 1 heteroatoms. The van der Waals surface area contributed by atoms with Gasteiger partial charge in [0.2, 0.25) is 0 Å². The minimum Gasteiger partial charge on any atom is -0.207 e. The van der Waals surface area contributed by atoms with Crippen LogP contribution in [0.4, 0.5) is 4.39 Å². The summed E-state index contributed by atoms with van der Waals surface area (Å²) in [6.07, 6.45) is 0. The molecule has 0 radical (unpaired) electrons. The van der Waals surface area contributed by atoms with Crippen LogP contribution >= 0.6 is 0 Å². The van der Waals surface area contributed by atoms with Crippen molar-refractivity contribution in [2.24, 2.45) is 0 Å². The molecule has 0 unspecified atom stereocenters. The van der Waals surface area contributed by atoms with Crippen molar-refractivity contribution in [1.29, 1.82) is 0 Å². The predicted molar refractivity (Wildman–Crippen MR) is 74.1 cm³/mol. The van der Waals surface area contributed by atoms with E-state index in [0.717, 1.165) is 11.1 Å². The van der Waals surface area contributed by atoms with Gasteiger partial charge in [0.15, 0.2) is 0 Å². The molecule has 0 N–H and O–H groups in total. The molecular formula is C17H13F. The van der Waals surface area contributed by atoms with E-state index < -0.39 is 0 Å². The molecule has 0 aliphatic rings. The molecule has 0 bridgehead atoms. The molecule has 0 atom stereocenters. The van der Waals surface area contributed by atoms with E-state index >= 15 is 0 Å². The van der Waals surface area contributed by atoms with Crippen LogP contribution in [0.5, 0.6) is 0 Å². The van der Waals surface area contributed by atoms with Crippen LogP contribution in [0.2, 0.25) is 0 Å². The third-order valence-electron chi connectivity index (χ3n) is 3.30. The Bertz CT molecular complexity index is 696. The van der Waals surface area contributed by atoms with E-state index in [0.29, 0.717) is 0 Å². The van der Waals surface area contributed by atoms with Crippen LogP contribution in [0.1, 0.15) is 5.56 Å². The zero-order valence-electron chi connectivity index (χ0n) is 10.2. The first-order valence-electron chi connectivity index (χ1n) is 6.00. The van der Waals surface area contributed by atoms with Crippen molar-refractivity contribution in [3.05, 3.63) is 72.0 Å². The summed E-state index contributed by atoms with van der Waals surface area (Å²) in [6, 6.07) is 19.2. The van der Waals surface area contributed by atoms with Crippen LogP contribution in [0, 0.1) is 12.7 Å². The lowest BCUT2D eigenvalue weighted by molar-refractivity contribution is 0.628. The molecule has 0 heterocycles. The van der Waals surface area contributed by atoms with Crippen molar-refractivity contribution in [3.8, 4) is 11.1 Å². The van der Waals surface area contributed by atoms with Gasteiger partial charge in [-0.25, -0.2) is 4.39 Å². The number of rotatable bonds is 1. The van der Waals surface area contributed by atoms with E-state index in [1.165, 1.54) is 28.5 Å². The smallest absolute Gasteiger partial charge is 0.123 e. The Morgan fingerprint density at radius 1 is 0.722 bits per heavy atom. The minimum atomic E-state index is -0.199. The quantitative estimate of drug-likeness (QED) is 0.560. The van der Waals surface area contributed by atoms with Gasteiger partial charge in [0.1, 0.15) is 5.82 Å². The van der Waals surface area contributed by atoms with E-state index in [-0.39, 0.29) is 5.82 Å². The normalized spacial score (nSPS) is 10.8. The van der Waals surface area contributed by atoms with Gasteiger partial charge in [0.05, 0.1) is 0 Å². The van der Waals surface area contributed by atoms with Crippen molar-refractivity contribution in [2.45, 2.75) is 6.92 Å². The molecule has 0 aliphatic carbocycles. The summed E-state index contributed by atoms with van der Waals surface area (Å²) < 4.78 is 13.0. The van der Waals surface area contributed by atoms with E-state index in [2.05, 4.69) is 31.2 Å². The average Bonchev–Trinajstić information content (AvgIpc) is 2.41. The summed E-state index contributed by atoms with van der Waals surface area (Å²) in [4.78, 5) is 0. The zero-order valence-corrected chi connectivity index (χ0v) is 10.2. The molecule has 0 amide bonds. The number of aryl methyl sites for hydroxylation is 1. The molecule has 0 aromatic heterocycles. The lowest BCUT2D eigenvalue weighted by Gasteiger charge is -2.09. The van der Waals surface area contributed by atoms with Gasteiger partial charge in [0.25, 0.3) is 0 Å². The molecule has 0 spiro atoms. The highest BCUT2D eigenvalue weighted by molar-refractivity contribution is 5.98. The Morgan fingerprint density at radius 2 is 1.39 bits per heavy atom. The molecule has 0 saturated carbocycles. The number of fused-ring (bicyclic) bond motifs is 1. The third kappa shape index (κ3) is 1.78. The molecule has 88 valence electrons. The lowest BCUT2D eigenvalue weighted by Crippen LogP contribution is -1.84. The van der Waals surface area contributed by atoms with Crippen LogP contribution in [0.3, 0.4) is 0 Å². The van der Waals surface area contributed by atoms with Gasteiger partial charge in [-0.15, -0.1) is 0 Å². The minimum absolute atomic E-state index is 0.199. The van der Waals surface area contributed by atoms with Crippen LogP contribution in [0.15, 0.2) is 60.7 Å². The maximum absolute atomic E-state index is 13.0. The Hall–Kier alpha value is -2.15. The van der Waals surface area contributed by atoms with E-state index in [1.54, 1.807) is 0 Å². The third-order valence-corrected chi connectivity index (χ3v) is 3.30. The molecule has 0 nitrogen and oxygen atoms in total. The summed E-state index contributed by atoms with van der Waals surface area (Å²) in [5.41, 5.74) is 3.46. The second-order valence-electron chi connectivity index (χ2n) is 4.48. The van der Waals surface area contributed by atoms with Gasteiger partial charge >= 0.3 is 0 Å². The first-order chi connectivity index (χ1) is 8.75. The molecule has 0 saturated heterocycles. The molecule has 3 aromatic carbocycles. The average molecular weight is 236 g/mol. The number of benzene rings is 3. The van der Waals surface area contributed by atoms with Crippen molar-refractivity contribution in [3.63, 3.8) is 0 Å². The molecule has 0 fully saturated rings. The Morgan fingerprint density at radius 3 is 2.11 bits per heavy atom. The predicted octanol–water partition coefficient (Wildman–Crippen LogP) is 4.95. The van der Waals surface area contributed by atoms with Crippen LogP contribution in [-0.4, -0.2) is 0 Å².